The molecule has 0 aliphatic carbocycles. The maximum Gasteiger partial charge on any atom is 0.355 e. The Bertz CT molecular complexity index is 385. The Hall–Kier alpha value is -0.220. The van der Waals surface area contributed by atoms with Crippen LogP contribution < -0.4 is 0 Å². The molecular formula is C8H10O5P2S. The SMILES string of the molecule is O=POCP(=O)(O)OC(S)c1ccccc1. The molecule has 0 aliphatic rings. The second kappa shape index (κ2) is 6.50. The van der Waals surface area contributed by atoms with E-state index in [4.69, 9.17) is 4.52 Å². The summed E-state index contributed by atoms with van der Waals surface area (Å²) in [5.41, 5.74) is -0.177. The van der Waals surface area contributed by atoms with E-state index >= 15 is 0 Å². The van der Waals surface area contributed by atoms with Crippen LogP contribution in [0.25, 0.3) is 0 Å². The maximum atomic E-state index is 11.4. The first-order valence-corrected chi connectivity index (χ1v) is 7.24. The number of rotatable bonds is 6. The lowest BCUT2D eigenvalue weighted by molar-refractivity contribution is 0.222. The lowest BCUT2D eigenvalue weighted by atomic mass is 10.2. The van der Waals surface area contributed by atoms with Crippen molar-refractivity contribution in [3.05, 3.63) is 35.9 Å². The van der Waals surface area contributed by atoms with E-state index in [1.165, 1.54) is 0 Å². The van der Waals surface area contributed by atoms with E-state index in [2.05, 4.69) is 17.2 Å². The van der Waals surface area contributed by atoms with Crippen LogP contribution in [-0.2, 0) is 18.2 Å². The number of thiol groups is 1. The summed E-state index contributed by atoms with van der Waals surface area (Å²) in [7, 11) is -4.60. The van der Waals surface area contributed by atoms with Gasteiger partial charge in [-0.05, 0) is 5.56 Å². The van der Waals surface area contributed by atoms with E-state index < -0.39 is 28.1 Å². The molecule has 0 saturated heterocycles. The Morgan fingerprint density at radius 2 is 2.06 bits per heavy atom. The van der Waals surface area contributed by atoms with Gasteiger partial charge in [0.15, 0.2) is 6.35 Å². The summed E-state index contributed by atoms with van der Waals surface area (Å²) >= 11 is 4.04. The summed E-state index contributed by atoms with van der Waals surface area (Å²) in [6.45, 7) is 0. The molecule has 0 spiro atoms. The van der Waals surface area contributed by atoms with Crippen molar-refractivity contribution >= 4 is 28.9 Å². The molecule has 1 rings (SSSR count). The van der Waals surface area contributed by atoms with Crippen LogP contribution in [0.2, 0.25) is 0 Å². The van der Waals surface area contributed by atoms with Crippen LogP contribution in [0.1, 0.15) is 11.0 Å². The van der Waals surface area contributed by atoms with Crippen LogP contribution in [-0.4, -0.2) is 11.2 Å². The maximum absolute atomic E-state index is 11.4. The lowest BCUT2D eigenvalue weighted by Crippen LogP contribution is -1.99. The molecule has 0 saturated carbocycles. The first-order chi connectivity index (χ1) is 7.55. The van der Waals surface area contributed by atoms with Crippen molar-refractivity contribution in [2.45, 2.75) is 5.44 Å². The summed E-state index contributed by atoms with van der Waals surface area (Å²) in [6.07, 6.45) is -0.637. The molecule has 1 aromatic rings. The fourth-order valence-electron chi connectivity index (χ4n) is 0.962. The van der Waals surface area contributed by atoms with Gasteiger partial charge in [-0.15, -0.1) is 12.6 Å². The molecular weight excluding hydrogens is 270 g/mol. The third-order valence-corrected chi connectivity index (χ3v) is 3.63. The average molecular weight is 280 g/mol. The molecule has 1 aromatic carbocycles. The summed E-state index contributed by atoms with van der Waals surface area (Å²) in [5, 5.41) is 0. The summed E-state index contributed by atoms with van der Waals surface area (Å²) in [6, 6.07) is 8.75. The van der Waals surface area contributed by atoms with Gasteiger partial charge in [0.2, 0.25) is 0 Å². The quantitative estimate of drug-likeness (QED) is 0.476. The number of hydrogen-bond donors (Lipinski definition) is 2. The summed E-state index contributed by atoms with van der Waals surface area (Å²) < 4.78 is 30.5. The first-order valence-electron chi connectivity index (χ1n) is 4.23. The van der Waals surface area contributed by atoms with Crippen LogP contribution >= 0.6 is 28.9 Å². The minimum absolute atomic E-state index is 0.637. The molecule has 8 heteroatoms. The molecule has 2 atom stereocenters. The normalized spacial score (nSPS) is 16.9. The lowest BCUT2D eigenvalue weighted by Gasteiger charge is -2.16. The van der Waals surface area contributed by atoms with Crippen molar-refractivity contribution in [3.63, 3.8) is 0 Å². The van der Waals surface area contributed by atoms with Gasteiger partial charge in [-0.2, -0.15) is 0 Å². The zero-order chi connectivity index (χ0) is 12.0. The molecule has 0 fully saturated rings. The fraction of sp³-hybridized carbons (Fsp3) is 0.250. The molecule has 0 amide bonds. The topological polar surface area (TPSA) is 72.8 Å². The molecule has 0 radical (unpaired) electrons. The monoisotopic (exact) mass is 280 g/mol. The van der Waals surface area contributed by atoms with Gasteiger partial charge in [-0.25, -0.2) is 4.57 Å². The van der Waals surface area contributed by atoms with Gasteiger partial charge in [0.25, 0.3) is 0 Å². The highest BCUT2D eigenvalue weighted by Crippen LogP contribution is 2.48. The highest BCUT2D eigenvalue weighted by Gasteiger charge is 2.24. The standard InChI is InChI=1S/C8H10O5P2S/c9-14-12-6-15(10,11)13-8(16)7-4-2-1-3-5-7/h1-5,8,16H,6H2,(H,10,11). The molecule has 16 heavy (non-hydrogen) atoms. The molecule has 5 nitrogen and oxygen atoms in total. The highest BCUT2D eigenvalue weighted by molar-refractivity contribution is 7.80. The van der Waals surface area contributed by atoms with E-state index in [-0.39, 0.29) is 0 Å². The Balaban J connectivity index is 2.60. The largest absolute Gasteiger partial charge is 0.355 e. The summed E-state index contributed by atoms with van der Waals surface area (Å²) in [5.74, 6) is 0. The van der Waals surface area contributed by atoms with E-state index in [0.29, 0.717) is 5.56 Å². The third-order valence-electron chi connectivity index (χ3n) is 1.62. The smallest absolute Gasteiger partial charge is 0.323 e. The predicted molar refractivity (Wildman–Crippen MR) is 62.6 cm³/mol. The second-order valence-corrected chi connectivity index (χ2v) is 5.46. The van der Waals surface area contributed by atoms with Crippen molar-refractivity contribution in [1.29, 1.82) is 0 Å². The fourth-order valence-corrected chi connectivity index (χ4v) is 2.84. The predicted octanol–water partition coefficient (Wildman–Crippen LogP) is 3.00. The van der Waals surface area contributed by atoms with Crippen molar-refractivity contribution < 1.29 is 23.1 Å². The zero-order valence-electron chi connectivity index (χ0n) is 8.09. The van der Waals surface area contributed by atoms with Crippen LogP contribution in [0.3, 0.4) is 0 Å². The zero-order valence-corrected chi connectivity index (χ0v) is 10.8. The average Bonchev–Trinajstić information content (AvgIpc) is 2.27. The van der Waals surface area contributed by atoms with Gasteiger partial charge in [0, 0.05) is 0 Å². The van der Waals surface area contributed by atoms with Crippen molar-refractivity contribution in [1.82, 2.24) is 0 Å². The van der Waals surface area contributed by atoms with Crippen LogP contribution in [0.5, 0.6) is 0 Å². The Morgan fingerprint density at radius 1 is 1.44 bits per heavy atom. The summed E-state index contributed by atoms with van der Waals surface area (Å²) in [4.78, 5) is 9.29. The van der Waals surface area contributed by atoms with E-state index in [1.807, 2.05) is 6.07 Å². The molecule has 88 valence electrons. The molecule has 0 aliphatic heterocycles. The van der Waals surface area contributed by atoms with Crippen LogP contribution in [0, 0.1) is 0 Å². The van der Waals surface area contributed by atoms with Gasteiger partial charge >= 0.3 is 16.3 Å². The van der Waals surface area contributed by atoms with Gasteiger partial charge < -0.3 is 4.89 Å². The Kier molecular flexibility index (Phi) is 5.62. The molecule has 0 bridgehead atoms. The molecule has 0 heterocycles. The Labute approximate surface area is 100 Å². The van der Waals surface area contributed by atoms with Crippen molar-refractivity contribution in [2.24, 2.45) is 0 Å². The third kappa shape index (κ3) is 4.74. The van der Waals surface area contributed by atoms with Crippen molar-refractivity contribution in [3.8, 4) is 0 Å². The first kappa shape index (κ1) is 13.8. The minimum atomic E-state index is -3.94. The molecule has 0 aromatic heterocycles. The van der Waals surface area contributed by atoms with Gasteiger partial charge in [0.05, 0.1) is 0 Å². The number of benzene rings is 1. The van der Waals surface area contributed by atoms with E-state index in [1.54, 1.807) is 24.3 Å². The van der Waals surface area contributed by atoms with Crippen molar-refractivity contribution in [2.75, 3.05) is 6.35 Å². The number of hydrogen-bond acceptors (Lipinski definition) is 5. The Morgan fingerprint density at radius 3 is 2.62 bits per heavy atom. The van der Waals surface area contributed by atoms with E-state index in [9.17, 15) is 14.0 Å². The second-order valence-electron chi connectivity index (χ2n) is 2.84. The van der Waals surface area contributed by atoms with Gasteiger partial charge in [-0.3, -0.25) is 13.6 Å². The van der Waals surface area contributed by atoms with Gasteiger partial charge in [-0.1, -0.05) is 30.3 Å². The molecule has 1 N–H and O–H groups in total. The molecule has 2 unspecified atom stereocenters. The van der Waals surface area contributed by atoms with Crippen LogP contribution in [0.15, 0.2) is 30.3 Å². The van der Waals surface area contributed by atoms with E-state index in [0.717, 1.165) is 0 Å². The van der Waals surface area contributed by atoms with Gasteiger partial charge in [0.1, 0.15) is 5.44 Å². The van der Waals surface area contributed by atoms with Crippen LogP contribution in [0.4, 0.5) is 0 Å². The minimum Gasteiger partial charge on any atom is -0.323 e. The highest BCUT2D eigenvalue weighted by atomic mass is 32.1.